The average Bonchev–Trinajstić information content (AvgIpc) is 2.61. The van der Waals surface area contributed by atoms with Gasteiger partial charge in [0.25, 0.3) is 17.5 Å². The van der Waals surface area contributed by atoms with E-state index in [4.69, 9.17) is 16.3 Å². The van der Waals surface area contributed by atoms with Gasteiger partial charge >= 0.3 is 0 Å². The maximum atomic E-state index is 12.4. The monoisotopic (exact) mass is 375 g/mol. The Morgan fingerprint density at radius 1 is 1.35 bits per heavy atom. The van der Waals surface area contributed by atoms with Gasteiger partial charge < -0.3 is 15.4 Å². The predicted molar refractivity (Wildman–Crippen MR) is 94.6 cm³/mol. The van der Waals surface area contributed by atoms with Gasteiger partial charge in [0.2, 0.25) is 0 Å². The molecular weight excluding hydrogens is 362 g/mol. The average molecular weight is 376 g/mol. The van der Waals surface area contributed by atoms with E-state index >= 15 is 0 Å². The fraction of sp³-hybridized carbons (Fsp3) is 0.176. The molecule has 1 unspecified atom stereocenters. The van der Waals surface area contributed by atoms with Crippen molar-refractivity contribution in [2.75, 3.05) is 11.9 Å². The van der Waals surface area contributed by atoms with Crippen molar-refractivity contribution in [2.24, 2.45) is 0 Å². The van der Waals surface area contributed by atoms with Crippen LogP contribution in [0, 0.1) is 10.1 Å². The quantitative estimate of drug-likeness (QED) is 0.630. The molecule has 2 amide bonds. The first-order valence-electron chi connectivity index (χ1n) is 7.66. The van der Waals surface area contributed by atoms with Gasteiger partial charge in [-0.25, -0.2) is 0 Å². The highest BCUT2D eigenvalue weighted by Gasteiger charge is 2.20. The number of carbonyl (C=O) groups is 2. The van der Waals surface area contributed by atoms with Gasteiger partial charge in [-0.1, -0.05) is 17.7 Å². The highest BCUT2D eigenvalue weighted by Crippen LogP contribution is 2.31. The molecule has 3 rings (SSSR count). The third kappa shape index (κ3) is 3.60. The van der Waals surface area contributed by atoms with Crippen molar-refractivity contribution in [1.29, 1.82) is 0 Å². The zero-order chi connectivity index (χ0) is 18.8. The minimum absolute atomic E-state index is 0.0337. The summed E-state index contributed by atoms with van der Waals surface area (Å²) in [6.07, 6.45) is 0. The topological polar surface area (TPSA) is 111 Å². The number of benzene rings is 2. The summed E-state index contributed by atoms with van der Waals surface area (Å²) in [4.78, 5) is 34.1. The van der Waals surface area contributed by atoms with Crippen LogP contribution < -0.4 is 15.4 Å². The molecule has 0 saturated heterocycles. The van der Waals surface area contributed by atoms with Crippen LogP contribution in [0.1, 0.15) is 28.9 Å². The van der Waals surface area contributed by atoms with E-state index in [-0.39, 0.29) is 28.8 Å². The number of nitrogens with one attached hydrogen (secondary N) is 2. The summed E-state index contributed by atoms with van der Waals surface area (Å²) in [5.74, 6) is -0.171. The minimum Gasteiger partial charge on any atom is -0.482 e. The van der Waals surface area contributed by atoms with Crippen LogP contribution in [-0.4, -0.2) is 23.3 Å². The van der Waals surface area contributed by atoms with Crippen LogP contribution in [0.5, 0.6) is 5.75 Å². The van der Waals surface area contributed by atoms with Gasteiger partial charge in [-0.15, -0.1) is 0 Å². The number of hydrogen-bond acceptors (Lipinski definition) is 5. The zero-order valence-electron chi connectivity index (χ0n) is 13.6. The first-order valence-corrected chi connectivity index (χ1v) is 8.04. The van der Waals surface area contributed by atoms with Gasteiger partial charge in [0.1, 0.15) is 10.8 Å². The fourth-order valence-electron chi connectivity index (χ4n) is 2.53. The number of nitro benzene ring substituents is 1. The standard InChI is InChI=1S/C17H14ClN3O5/c1-9(10-3-5-15-13(6-10)20-16(22)8-26-15)19-17(23)11-2-4-12(18)14(7-11)21(24)25/h2-7,9H,8H2,1H3,(H,19,23)(H,20,22). The summed E-state index contributed by atoms with van der Waals surface area (Å²) in [6.45, 7) is 1.73. The van der Waals surface area contributed by atoms with Crippen LogP contribution in [0.4, 0.5) is 11.4 Å². The van der Waals surface area contributed by atoms with Crippen LogP contribution in [0.2, 0.25) is 5.02 Å². The smallest absolute Gasteiger partial charge is 0.288 e. The molecule has 1 aliphatic heterocycles. The van der Waals surface area contributed by atoms with E-state index in [0.29, 0.717) is 11.4 Å². The molecule has 26 heavy (non-hydrogen) atoms. The Morgan fingerprint density at radius 2 is 2.12 bits per heavy atom. The third-order valence-electron chi connectivity index (χ3n) is 3.89. The lowest BCUT2D eigenvalue weighted by atomic mass is 10.1. The molecule has 0 bridgehead atoms. The van der Waals surface area contributed by atoms with Crippen LogP contribution in [0.3, 0.4) is 0 Å². The van der Waals surface area contributed by atoms with Gasteiger partial charge in [0.15, 0.2) is 6.61 Å². The molecule has 0 fully saturated rings. The van der Waals surface area contributed by atoms with E-state index in [2.05, 4.69) is 10.6 Å². The number of anilines is 1. The molecule has 0 radical (unpaired) electrons. The van der Waals surface area contributed by atoms with Gasteiger partial charge in [0, 0.05) is 11.6 Å². The van der Waals surface area contributed by atoms with Crippen LogP contribution in [0.15, 0.2) is 36.4 Å². The Labute approximate surface area is 153 Å². The first-order chi connectivity index (χ1) is 12.3. The second-order valence-corrected chi connectivity index (χ2v) is 6.12. The van der Waals surface area contributed by atoms with E-state index in [1.165, 1.54) is 12.1 Å². The Morgan fingerprint density at radius 3 is 2.85 bits per heavy atom. The lowest BCUT2D eigenvalue weighted by Crippen LogP contribution is -2.28. The number of carbonyl (C=O) groups excluding carboxylic acids is 2. The normalized spacial score (nSPS) is 13.8. The highest BCUT2D eigenvalue weighted by atomic mass is 35.5. The van der Waals surface area contributed by atoms with Crippen molar-refractivity contribution >= 4 is 34.8 Å². The maximum absolute atomic E-state index is 12.4. The van der Waals surface area contributed by atoms with Crippen molar-refractivity contribution in [3.8, 4) is 5.75 Å². The number of hydrogen-bond donors (Lipinski definition) is 2. The molecule has 1 heterocycles. The van der Waals surface area contributed by atoms with E-state index < -0.39 is 16.9 Å². The highest BCUT2D eigenvalue weighted by molar-refractivity contribution is 6.32. The SMILES string of the molecule is CC(NC(=O)c1ccc(Cl)c([N+](=O)[O-])c1)c1ccc2c(c1)NC(=O)CO2. The number of rotatable bonds is 4. The van der Waals surface area contributed by atoms with Crippen molar-refractivity contribution < 1.29 is 19.2 Å². The molecule has 134 valence electrons. The Kier molecular flexibility index (Phi) is 4.77. The molecule has 0 aromatic heterocycles. The largest absolute Gasteiger partial charge is 0.482 e. The number of nitro groups is 1. The predicted octanol–water partition coefficient (Wildman–Crippen LogP) is 3.07. The molecule has 0 spiro atoms. The minimum atomic E-state index is -0.644. The summed E-state index contributed by atoms with van der Waals surface area (Å²) >= 11 is 5.76. The van der Waals surface area contributed by atoms with Crippen LogP contribution in [0.25, 0.3) is 0 Å². The lowest BCUT2D eigenvalue weighted by Gasteiger charge is -2.21. The lowest BCUT2D eigenvalue weighted by molar-refractivity contribution is -0.384. The molecule has 1 atom stereocenters. The number of nitrogens with zero attached hydrogens (tertiary/aromatic N) is 1. The fourth-order valence-corrected chi connectivity index (χ4v) is 2.71. The van der Waals surface area contributed by atoms with Crippen molar-refractivity contribution in [1.82, 2.24) is 5.32 Å². The van der Waals surface area contributed by atoms with E-state index in [9.17, 15) is 19.7 Å². The maximum Gasteiger partial charge on any atom is 0.288 e. The molecule has 2 aromatic rings. The summed E-state index contributed by atoms with van der Waals surface area (Å²) < 4.78 is 5.29. The summed E-state index contributed by atoms with van der Waals surface area (Å²) in [5, 5.41) is 16.4. The van der Waals surface area contributed by atoms with Crippen molar-refractivity contribution in [3.63, 3.8) is 0 Å². The summed E-state index contributed by atoms with van der Waals surface area (Å²) in [5.41, 5.74) is 1.07. The van der Waals surface area contributed by atoms with Crippen LogP contribution >= 0.6 is 11.6 Å². The van der Waals surface area contributed by atoms with E-state index in [1.54, 1.807) is 25.1 Å². The molecule has 9 heteroatoms. The van der Waals surface area contributed by atoms with Crippen LogP contribution in [-0.2, 0) is 4.79 Å². The van der Waals surface area contributed by atoms with E-state index in [0.717, 1.165) is 11.6 Å². The van der Waals surface area contributed by atoms with Gasteiger partial charge in [0.05, 0.1) is 16.7 Å². The Balaban J connectivity index is 1.78. The molecule has 2 N–H and O–H groups in total. The van der Waals surface area contributed by atoms with Gasteiger partial charge in [-0.05, 0) is 36.8 Å². The number of fused-ring (bicyclic) bond motifs is 1. The van der Waals surface area contributed by atoms with Gasteiger partial charge in [-0.3, -0.25) is 19.7 Å². The van der Waals surface area contributed by atoms with Gasteiger partial charge in [-0.2, -0.15) is 0 Å². The Bertz CT molecular complexity index is 915. The second kappa shape index (κ2) is 7.01. The molecule has 1 aliphatic rings. The number of amides is 2. The number of ether oxygens (including phenoxy) is 1. The molecular formula is C17H14ClN3O5. The zero-order valence-corrected chi connectivity index (χ0v) is 14.4. The summed E-state index contributed by atoms with van der Waals surface area (Å²) in [7, 11) is 0. The third-order valence-corrected chi connectivity index (χ3v) is 4.21. The second-order valence-electron chi connectivity index (χ2n) is 5.71. The van der Waals surface area contributed by atoms with E-state index in [1.807, 2.05) is 0 Å². The summed E-state index contributed by atoms with van der Waals surface area (Å²) in [6, 6.07) is 8.64. The molecule has 8 nitrogen and oxygen atoms in total. The molecule has 2 aromatic carbocycles. The molecule has 0 aliphatic carbocycles. The number of halogens is 1. The first kappa shape index (κ1) is 17.7. The van der Waals surface area contributed by atoms with Crippen molar-refractivity contribution in [2.45, 2.75) is 13.0 Å². The molecule has 0 saturated carbocycles. The Hall–Kier alpha value is -3.13. The van der Waals surface area contributed by atoms with Crippen molar-refractivity contribution in [3.05, 3.63) is 62.7 Å².